The number of oxazole rings is 1. The Kier molecular flexibility index (Phi) is 2.84. The van der Waals surface area contributed by atoms with Crippen LogP contribution in [-0.2, 0) is 4.74 Å². The molecule has 0 aromatic carbocycles. The third kappa shape index (κ3) is 1.96. The van der Waals surface area contributed by atoms with Gasteiger partial charge in [0.15, 0.2) is 5.89 Å². The van der Waals surface area contributed by atoms with Crippen LogP contribution in [-0.4, -0.2) is 18.2 Å². The van der Waals surface area contributed by atoms with E-state index in [1.54, 1.807) is 6.26 Å². The van der Waals surface area contributed by atoms with Gasteiger partial charge in [0.05, 0.1) is 18.3 Å². The van der Waals surface area contributed by atoms with Crippen molar-refractivity contribution >= 4 is 0 Å². The lowest BCUT2D eigenvalue weighted by Gasteiger charge is -2.26. The first-order valence-electron chi connectivity index (χ1n) is 5.02. The molecule has 0 bridgehead atoms. The normalized spacial score (nSPS) is 24.9. The standard InChI is InChI=1S/C10H16N2O2/c1-7-12-9(6-14-7)10(11)8-3-2-4-13-5-8/h6,8,10H,2-5,11H2,1H3. The van der Waals surface area contributed by atoms with Crippen molar-refractivity contribution in [3.05, 3.63) is 17.8 Å². The van der Waals surface area contributed by atoms with E-state index in [4.69, 9.17) is 14.9 Å². The fourth-order valence-electron chi connectivity index (χ4n) is 1.82. The summed E-state index contributed by atoms with van der Waals surface area (Å²) in [4.78, 5) is 4.24. The van der Waals surface area contributed by atoms with Crippen molar-refractivity contribution in [2.24, 2.45) is 11.7 Å². The predicted octanol–water partition coefficient (Wildman–Crippen LogP) is 1.41. The van der Waals surface area contributed by atoms with Gasteiger partial charge in [0.25, 0.3) is 0 Å². The highest BCUT2D eigenvalue weighted by Crippen LogP contribution is 2.26. The van der Waals surface area contributed by atoms with E-state index in [1.165, 1.54) is 0 Å². The van der Waals surface area contributed by atoms with Gasteiger partial charge in [-0.25, -0.2) is 4.98 Å². The van der Waals surface area contributed by atoms with Gasteiger partial charge in [-0.1, -0.05) is 0 Å². The zero-order valence-corrected chi connectivity index (χ0v) is 8.40. The minimum Gasteiger partial charge on any atom is -0.449 e. The van der Waals surface area contributed by atoms with E-state index in [0.717, 1.165) is 31.7 Å². The lowest BCUT2D eigenvalue weighted by molar-refractivity contribution is 0.0442. The lowest BCUT2D eigenvalue weighted by Crippen LogP contribution is -2.29. The summed E-state index contributed by atoms with van der Waals surface area (Å²) in [6, 6.07) is -0.0484. The van der Waals surface area contributed by atoms with Crippen LogP contribution < -0.4 is 5.73 Å². The maximum atomic E-state index is 6.08. The first-order chi connectivity index (χ1) is 6.77. The zero-order valence-electron chi connectivity index (χ0n) is 8.40. The van der Waals surface area contributed by atoms with Crippen LogP contribution >= 0.6 is 0 Å². The molecule has 4 nitrogen and oxygen atoms in total. The first-order valence-corrected chi connectivity index (χ1v) is 5.02. The molecule has 1 saturated heterocycles. The van der Waals surface area contributed by atoms with Crippen molar-refractivity contribution in [1.29, 1.82) is 0 Å². The van der Waals surface area contributed by atoms with Gasteiger partial charge in [0.2, 0.25) is 0 Å². The second-order valence-corrected chi connectivity index (χ2v) is 3.79. The molecule has 4 heteroatoms. The van der Waals surface area contributed by atoms with E-state index < -0.39 is 0 Å². The summed E-state index contributed by atoms with van der Waals surface area (Å²) in [6.07, 6.45) is 3.86. The number of aryl methyl sites for hydroxylation is 1. The average Bonchev–Trinajstić information content (AvgIpc) is 2.65. The van der Waals surface area contributed by atoms with Gasteiger partial charge in [0.1, 0.15) is 6.26 Å². The Bertz CT molecular complexity index is 292. The van der Waals surface area contributed by atoms with Crippen LogP contribution in [0.25, 0.3) is 0 Å². The molecule has 2 atom stereocenters. The van der Waals surface area contributed by atoms with Crippen LogP contribution in [0.5, 0.6) is 0 Å². The van der Waals surface area contributed by atoms with E-state index in [-0.39, 0.29) is 6.04 Å². The molecule has 0 amide bonds. The SMILES string of the molecule is Cc1nc(C(N)C2CCCOC2)co1. The minimum atomic E-state index is -0.0484. The first kappa shape index (κ1) is 9.68. The quantitative estimate of drug-likeness (QED) is 0.776. The average molecular weight is 196 g/mol. The van der Waals surface area contributed by atoms with Crippen molar-refractivity contribution in [3.8, 4) is 0 Å². The zero-order chi connectivity index (χ0) is 9.97. The summed E-state index contributed by atoms with van der Waals surface area (Å²) in [7, 11) is 0. The smallest absolute Gasteiger partial charge is 0.191 e. The monoisotopic (exact) mass is 196 g/mol. The lowest BCUT2D eigenvalue weighted by atomic mass is 9.93. The fraction of sp³-hybridized carbons (Fsp3) is 0.700. The molecule has 1 aromatic rings. The maximum absolute atomic E-state index is 6.08. The van der Waals surface area contributed by atoms with Crippen molar-refractivity contribution in [1.82, 2.24) is 4.98 Å². The highest BCUT2D eigenvalue weighted by molar-refractivity contribution is 5.03. The summed E-state index contributed by atoms with van der Waals surface area (Å²) in [5.74, 6) is 1.06. The minimum absolute atomic E-state index is 0.0484. The molecule has 2 unspecified atom stereocenters. The van der Waals surface area contributed by atoms with Crippen molar-refractivity contribution in [3.63, 3.8) is 0 Å². The number of hydrogen-bond donors (Lipinski definition) is 1. The van der Waals surface area contributed by atoms with E-state index in [2.05, 4.69) is 4.98 Å². The molecule has 2 rings (SSSR count). The van der Waals surface area contributed by atoms with Crippen LogP contribution in [0.4, 0.5) is 0 Å². The third-order valence-corrected chi connectivity index (χ3v) is 2.68. The molecule has 0 radical (unpaired) electrons. The third-order valence-electron chi connectivity index (χ3n) is 2.68. The van der Waals surface area contributed by atoms with Crippen LogP contribution in [0.15, 0.2) is 10.7 Å². The van der Waals surface area contributed by atoms with Crippen LogP contribution in [0.1, 0.15) is 30.5 Å². The Balaban J connectivity index is 2.03. The molecule has 0 aliphatic carbocycles. The van der Waals surface area contributed by atoms with Crippen molar-refractivity contribution in [2.75, 3.05) is 13.2 Å². The molecule has 1 aromatic heterocycles. The van der Waals surface area contributed by atoms with Gasteiger partial charge >= 0.3 is 0 Å². The Labute approximate surface area is 83.4 Å². The molecule has 78 valence electrons. The highest BCUT2D eigenvalue weighted by atomic mass is 16.5. The molecule has 0 saturated carbocycles. The van der Waals surface area contributed by atoms with E-state index in [9.17, 15) is 0 Å². The van der Waals surface area contributed by atoms with Gasteiger partial charge in [0, 0.05) is 19.4 Å². The molecular weight excluding hydrogens is 180 g/mol. The topological polar surface area (TPSA) is 61.3 Å². The fourth-order valence-corrected chi connectivity index (χ4v) is 1.82. The van der Waals surface area contributed by atoms with E-state index in [0.29, 0.717) is 11.8 Å². The molecule has 1 aliphatic heterocycles. The summed E-state index contributed by atoms with van der Waals surface area (Å²) in [5, 5.41) is 0. The van der Waals surface area contributed by atoms with Crippen molar-refractivity contribution < 1.29 is 9.15 Å². The largest absolute Gasteiger partial charge is 0.449 e. The number of aromatic nitrogens is 1. The van der Waals surface area contributed by atoms with Gasteiger partial charge in [-0.05, 0) is 12.8 Å². The molecule has 2 N–H and O–H groups in total. The summed E-state index contributed by atoms with van der Waals surface area (Å²) < 4.78 is 10.5. The second-order valence-electron chi connectivity index (χ2n) is 3.79. The Morgan fingerprint density at radius 2 is 2.50 bits per heavy atom. The number of rotatable bonds is 2. The van der Waals surface area contributed by atoms with Crippen LogP contribution in [0, 0.1) is 12.8 Å². The Morgan fingerprint density at radius 3 is 3.07 bits per heavy atom. The van der Waals surface area contributed by atoms with Crippen LogP contribution in [0.3, 0.4) is 0 Å². The number of hydrogen-bond acceptors (Lipinski definition) is 4. The molecular formula is C10H16N2O2. The van der Waals surface area contributed by atoms with Crippen molar-refractivity contribution in [2.45, 2.75) is 25.8 Å². The number of ether oxygens (including phenoxy) is 1. The molecule has 0 spiro atoms. The van der Waals surface area contributed by atoms with Gasteiger partial charge in [-0.15, -0.1) is 0 Å². The van der Waals surface area contributed by atoms with Gasteiger partial charge < -0.3 is 14.9 Å². The van der Waals surface area contributed by atoms with Gasteiger partial charge in [-0.2, -0.15) is 0 Å². The number of nitrogens with zero attached hydrogens (tertiary/aromatic N) is 1. The summed E-state index contributed by atoms with van der Waals surface area (Å²) >= 11 is 0. The second kappa shape index (κ2) is 4.11. The van der Waals surface area contributed by atoms with E-state index in [1.807, 2.05) is 6.92 Å². The summed E-state index contributed by atoms with van der Waals surface area (Å²) in [6.45, 7) is 3.43. The molecule has 1 fully saturated rings. The van der Waals surface area contributed by atoms with E-state index >= 15 is 0 Å². The predicted molar refractivity (Wildman–Crippen MR) is 51.7 cm³/mol. The Morgan fingerprint density at radius 1 is 1.64 bits per heavy atom. The molecule has 1 aliphatic rings. The Hall–Kier alpha value is -0.870. The molecule has 2 heterocycles. The van der Waals surface area contributed by atoms with Crippen LogP contribution in [0.2, 0.25) is 0 Å². The van der Waals surface area contributed by atoms with Gasteiger partial charge in [-0.3, -0.25) is 0 Å². The highest BCUT2D eigenvalue weighted by Gasteiger charge is 2.24. The number of nitrogens with two attached hydrogens (primary N) is 1. The maximum Gasteiger partial charge on any atom is 0.191 e. The molecule has 14 heavy (non-hydrogen) atoms. The summed E-state index contributed by atoms with van der Waals surface area (Å²) in [5.41, 5.74) is 6.93.